The highest BCUT2D eigenvalue weighted by molar-refractivity contribution is 6.00. The zero-order chi connectivity index (χ0) is 18.5. The molecule has 2 aromatic carbocycles. The Hall–Kier alpha value is -2.89. The molecular formula is C20H25N3O3. The average Bonchev–Trinajstić information content (AvgIpc) is 3.46. The maximum atomic E-state index is 12.4. The monoisotopic (exact) mass is 355 g/mol. The van der Waals surface area contributed by atoms with E-state index in [1.807, 2.05) is 24.3 Å². The molecule has 0 aromatic heterocycles. The van der Waals surface area contributed by atoms with E-state index in [4.69, 9.17) is 15.2 Å². The minimum absolute atomic E-state index is 0.0755. The van der Waals surface area contributed by atoms with Crippen molar-refractivity contribution in [2.24, 2.45) is 0 Å². The van der Waals surface area contributed by atoms with Crippen LogP contribution < -0.4 is 25.8 Å². The first-order chi connectivity index (χ1) is 12.6. The Morgan fingerprint density at radius 1 is 1.12 bits per heavy atom. The van der Waals surface area contributed by atoms with Crippen molar-refractivity contribution in [1.82, 2.24) is 5.32 Å². The van der Waals surface area contributed by atoms with Crippen LogP contribution in [0.25, 0.3) is 0 Å². The lowest BCUT2D eigenvalue weighted by atomic mass is 10.1. The van der Waals surface area contributed by atoms with Gasteiger partial charge in [0.15, 0.2) is 11.5 Å². The molecule has 3 rings (SSSR count). The van der Waals surface area contributed by atoms with Crippen LogP contribution in [0.5, 0.6) is 11.5 Å². The normalized spacial score (nSPS) is 13.2. The Bertz CT molecular complexity index is 788. The number of benzene rings is 2. The number of ether oxygens (including phenoxy) is 2. The molecular weight excluding hydrogens is 330 g/mol. The smallest absolute Gasteiger partial charge is 0.253 e. The maximum Gasteiger partial charge on any atom is 0.253 e. The van der Waals surface area contributed by atoms with Crippen molar-refractivity contribution in [2.45, 2.75) is 25.3 Å². The molecule has 138 valence electrons. The number of nitrogens with two attached hydrogens (primary N) is 1. The van der Waals surface area contributed by atoms with Gasteiger partial charge in [-0.1, -0.05) is 6.07 Å². The van der Waals surface area contributed by atoms with Crippen LogP contribution in [-0.4, -0.2) is 32.7 Å². The average molecular weight is 355 g/mol. The molecule has 1 fully saturated rings. The highest BCUT2D eigenvalue weighted by Crippen LogP contribution is 2.28. The number of amides is 1. The summed E-state index contributed by atoms with van der Waals surface area (Å²) < 4.78 is 10.6. The molecule has 0 saturated heterocycles. The van der Waals surface area contributed by atoms with Gasteiger partial charge in [-0.05, 0) is 55.2 Å². The molecule has 1 aliphatic carbocycles. The fourth-order valence-corrected chi connectivity index (χ4v) is 2.77. The zero-order valence-electron chi connectivity index (χ0n) is 15.2. The number of hydrogen-bond acceptors (Lipinski definition) is 5. The fourth-order valence-electron chi connectivity index (χ4n) is 2.77. The van der Waals surface area contributed by atoms with Crippen molar-refractivity contribution in [2.75, 3.05) is 31.8 Å². The molecule has 4 N–H and O–H groups in total. The molecule has 1 saturated carbocycles. The number of methoxy groups -OCH3 is 2. The van der Waals surface area contributed by atoms with Crippen LogP contribution in [0.1, 0.15) is 28.8 Å². The Balaban J connectivity index is 1.65. The van der Waals surface area contributed by atoms with E-state index in [9.17, 15) is 4.79 Å². The molecule has 0 spiro atoms. The molecule has 0 bridgehead atoms. The van der Waals surface area contributed by atoms with Crippen LogP contribution in [0.4, 0.5) is 11.4 Å². The molecule has 1 aliphatic rings. The lowest BCUT2D eigenvalue weighted by Gasteiger charge is -2.14. The van der Waals surface area contributed by atoms with E-state index in [-0.39, 0.29) is 5.91 Å². The zero-order valence-corrected chi connectivity index (χ0v) is 15.2. The highest BCUT2D eigenvalue weighted by Gasteiger charge is 2.24. The van der Waals surface area contributed by atoms with E-state index >= 15 is 0 Å². The molecule has 2 aromatic rings. The standard InChI is InChI=1S/C20H25N3O3/c1-25-18-8-3-13(11-19(18)26-2)9-10-22-17-7-4-14(21)12-16(17)20(24)23-15-5-6-15/h3-4,7-8,11-12,15,22H,5-6,9-10,21H2,1-2H3,(H,23,24). The van der Waals surface area contributed by atoms with Gasteiger partial charge in [-0.3, -0.25) is 4.79 Å². The number of carbonyl (C=O) groups is 1. The van der Waals surface area contributed by atoms with Gasteiger partial charge >= 0.3 is 0 Å². The lowest BCUT2D eigenvalue weighted by Crippen LogP contribution is -2.26. The summed E-state index contributed by atoms with van der Waals surface area (Å²) in [6.45, 7) is 0.684. The minimum atomic E-state index is -0.0755. The van der Waals surface area contributed by atoms with Gasteiger partial charge in [-0.2, -0.15) is 0 Å². The van der Waals surface area contributed by atoms with Gasteiger partial charge in [0, 0.05) is 24.0 Å². The molecule has 26 heavy (non-hydrogen) atoms. The number of nitrogen functional groups attached to an aromatic ring is 1. The maximum absolute atomic E-state index is 12.4. The summed E-state index contributed by atoms with van der Waals surface area (Å²) in [4.78, 5) is 12.4. The quantitative estimate of drug-likeness (QED) is 0.634. The lowest BCUT2D eigenvalue weighted by molar-refractivity contribution is 0.0952. The number of nitrogens with one attached hydrogen (secondary N) is 2. The third kappa shape index (κ3) is 4.39. The molecule has 0 unspecified atom stereocenters. The third-order valence-electron chi connectivity index (χ3n) is 4.38. The SMILES string of the molecule is COc1ccc(CCNc2ccc(N)cc2C(=O)NC2CC2)cc1OC. The van der Waals surface area contributed by atoms with E-state index in [0.29, 0.717) is 35.3 Å². The first kappa shape index (κ1) is 17.9. The first-order valence-electron chi connectivity index (χ1n) is 8.76. The van der Waals surface area contributed by atoms with Crippen molar-refractivity contribution in [3.63, 3.8) is 0 Å². The van der Waals surface area contributed by atoms with E-state index in [1.54, 1.807) is 26.4 Å². The Morgan fingerprint density at radius 2 is 1.88 bits per heavy atom. The van der Waals surface area contributed by atoms with Crippen LogP contribution in [-0.2, 0) is 6.42 Å². The summed E-state index contributed by atoms with van der Waals surface area (Å²) in [5.74, 6) is 1.34. The molecule has 0 heterocycles. The third-order valence-corrected chi connectivity index (χ3v) is 4.38. The van der Waals surface area contributed by atoms with Gasteiger partial charge in [-0.25, -0.2) is 0 Å². The second-order valence-electron chi connectivity index (χ2n) is 6.42. The molecule has 1 amide bonds. The molecule has 0 atom stereocenters. The molecule has 0 aliphatic heterocycles. The van der Waals surface area contributed by atoms with Crippen molar-refractivity contribution in [3.05, 3.63) is 47.5 Å². The van der Waals surface area contributed by atoms with Crippen LogP contribution in [0.2, 0.25) is 0 Å². The predicted octanol–water partition coefficient (Wildman–Crippen LogP) is 2.83. The summed E-state index contributed by atoms with van der Waals surface area (Å²) in [5.41, 5.74) is 8.93. The predicted molar refractivity (Wildman–Crippen MR) is 103 cm³/mol. The number of anilines is 2. The van der Waals surface area contributed by atoms with Gasteiger partial charge in [0.05, 0.1) is 19.8 Å². The van der Waals surface area contributed by atoms with Crippen molar-refractivity contribution >= 4 is 17.3 Å². The fraction of sp³-hybridized carbons (Fsp3) is 0.350. The van der Waals surface area contributed by atoms with Gasteiger partial charge in [0.2, 0.25) is 0 Å². The Morgan fingerprint density at radius 3 is 2.58 bits per heavy atom. The van der Waals surface area contributed by atoms with Crippen LogP contribution in [0.3, 0.4) is 0 Å². The summed E-state index contributed by atoms with van der Waals surface area (Å²) in [7, 11) is 3.24. The number of carbonyl (C=O) groups excluding carboxylic acids is 1. The summed E-state index contributed by atoms with van der Waals surface area (Å²) in [5, 5.41) is 6.35. The Kier molecular flexibility index (Phi) is 5.51. The Labute approximate surface area is 153 Å². The summed E-state index contributed by atoms with van der Waals surface area (Å²) >= 11 is 0. The molecule has 6 nitrogen and oxygen atoms in total. The second-order valence-corrected chi connectivity index (χ2v) is 6.42. The van der Waals surface area contributed by atoms with Crippen LogP contribution >= 0.6 is 0 Å². The topological polar surface area (TPSA) is 85.6 Å². The van der Waals surface area contributed by atoms with Gasteiger partial charge in [0.25, 0.3) is 5.91 Å². The van der Waals surface area contributed by atoms with E-state index in [0.717, 1.165) is 30.5 Å². The van der Waals surface area contributed by atoms with Crippen molar-refractivity contribution in [1.29, 1.82) is 0 Å². The van der Waals surface area contributed by atoms with Gasteiger partial charge < -0.3 is 25.8 Å². The molecule has 6 heteroatoms. The van der Waals surface area contributed by atoms with Crippen LogP contribution in [0, 0.1) is 0 Å². The number of rotatable bonds is 8. The molecule has 0 radical (unpaired) electrons. The van der Waals surface area contributed by atoms with Crippen molar-refractivity contribution < 1.29 is 14.3 Å². The summed E-state index contributed by atoms with van der Waals surface area (Å²) in [6.07, 6.45) is 2.89. The van der Waals surface area contributed by atoms with Gasteiger partial charge in [-0.15, -0.1) is 0 Å². The minimum Gasteiger partial charge on any atom is -0.493 e. The largest absolute Gasteiger partial charge is 0.493 e. The van der Waals surface area contributed by atoms with Gasteiger partial charge in [0.1, 0.15) is 0 Å². The first-order valence-corrected chi connectivity index (χ1v) is 8.76. The number of hydrogen-bond donors (Lipinski definition) is 3. The van der Waals surface area contributed by atoms with E-state index in [1.165, 1.54) is 0 Å². The van der Waals surface area contributed by atoms with Crippen molar-refractivity contribution in [3.8, 4) is 11.5 Å². The van der Waals surface area contributed by atoms with E-state index in [2.05, 4.69) is 10.6 Å². The highest BCUT2D eigenvalue weighted by atomic mass is 16.5. The van der Waals surface area contributed by atoms with E-state index < -0.39 is 0 Å². The summed E-state index contributed by atoms with van der Waals surface area (Å²) in [6, 6.07) is 11.5. The van der Waals surface area contributed by atoms with Crippen LogP contribution in [0.15, 0.2) is 36.4 Å². The second kappa shape index (κ2) is 7.99.